The molecule has 142 valence electrons. The van der Waals surface area contributed by atoms with Crippen LogP contribution in [0.2, 0.25) is 0 Å². The van der Waals surface area contributed by atoms with Gasteiger partial charge in [0.2, 0.25) is 10.0 Å². The number of amides is 1. The molecular weight excluding hydrogens is 394 g/mol. The molecule has 1 heterocycles. The third-order valence-electron chi connectivity index (χ3n) is 3.88. The summed E-state index contributed by atoms with van der Waals surface area (Å²) in [6.07, 6.45) is 1.13. The van der Waals surface area contributed by atoms with Gasteiger partial charge in [-0.25, -0.2) is 17.2 Å². The summed E-state index contributed by atoms with van der Waals surface area (Å²) in [5.74, 6) is -2.12. The predicted octanol–water partition coefficient (Wildman–Crippen LogP) is 4.22. The maximum absolute atomic E-state index is 13.7. The van der Waals surface area contributed by atoms with Crippen LogP contribution in [-0.2, 0) is 10.0 Å². The number of fused-ring (bicyclic) bond motifs is 1. The van der Waals surface area contributed by atoms with E-state index in [2.05, 4.69) is 5.32 Å². The minimum atomic E-state index is -3.41. The van der Waals surface area contributed by atoms with Crippen LogP contribution < -0.4 is 9.62 Å². The van der Waals surface area contributed by atoms with Crippen molar-refractivity contribution in [2.45, 2.75) is 6.92 Å². The third kappa shape index (κ3) is 4.09. The quantitative estimate of drug-likeness (QED) is 0.685. The van der Waals surface area contributed by atoms with Gasteiger partial charge in [-0.15, -0.1) is 11.3 Å². The summed E-state index contributed by atoms with van der Waals surface area (Å²) in [6.45, 7) is 2.01. The standard InChI is InChI=1S/C18H16F2N2O3S2/c1-3-22(27(2,24)25)13-5-7-16-11(8-13)9-17(26-16)18(23)21-15-6-4-12(19)10-14(15)20/h4-10H,3H2,1-2H3,(H,21,23). The van der Waals surface area contributed by atoms with Crippen LogP contribution in [0.3, 0.4) is 0 Å². The summed E-state index contributed by atoms with van der Waals surface area (Å²) < 4.78 is 52.5. The van der Waals surface area contributed by atoms with Crippen LogP contribution >= 0.6 is 11.3 Å². The summed E-state index contributed by atoms with van der Waals surface area (Å²) in [6, 6.07) is 9.60. The van der Waals surface area contributed by atoms with Crippen LogP contribution in [0.25, 0.3) is 10.1 Å². The summed E-state index contributed by atoms with van der Waals surface area (Å²) >= 11 is 1.19. The Morgan fingerprint density at radius 1 is 1.15 bits per heavy atom. The monoisotopic (exact) mass is 410 g/mol. The first-order chi connectivity index (χ1) is 12.7. The van der Waals surface area contributed by atoms with Crippen LogP contribution in [0.5, 0.6) is 0 Å². The highest BCUT2D eigenvalue weighted by molar-refractivity contribution is 7.92. The Kier molecular flexibility index (Phi) is 5.16. The second-order valence-electron chi connectivity index (χ2n) is 5.84. The van der Waals surface area contributed by atoms with Gasteiger partial charge in [-0.1, -0.05) is 0 Å². The summed E-state index contributed by atoms with van der Waals surface area (Å²) in [5, 5.41) is 3.11. The second-order valence-corrected chi connectivity index (χ2v) is 8.83. The number of hydrogen-bond donors (Lipinski definition) is 1. The number of nitrogens with zero attached hydrogens (tertiary/aromatic N) is 1. The van der Waals surface area contributed by atoms with E-state index in [1.54, 1.807) is 31.2 Å². The van der Waals surface area contributed by atoms with E-state index in [4.69, 9.17) is 0 Å². The van der Waals surface area contributed by atoms with Crippen molar-refractivity contribution in [2.75, 3.05) is 22.4 Å². The molecular formula is C18H16F2N2O3S2. The molecule has 1 N–H and O–H groups in total. The molecule has 0 aliphatic rings. The van der Waals surface area contributed by atoms with Gasteiger partial charge in [0.15, 0.2) is 0 Å². The molecule has 1 aromatic heterocycles. The van der Waals surface area contributed by atoms with Crippen molar-refractivity contribution in [1.29, 1.82) is 0 Å². The molecule has 1 amide bonds. The van der Waals surface area contributed by atoms with Crippen LogP contribution in [0.15, 0.2) is 42.5 Å². The van der Waals surface area contributed by atoms with E-state index >= 15 is 0 Å². The highest BCUT2D eigenvalue weighted by Crippen LogP contribution is 2.31. The lowest BCUT2D eigenvalue weighted by Gasteiger charge is -2.20. The zero-order chi connectivity index (χ0) is 19.8. The Balaban J connectivity index is 1.91. The first-order valence-corrected chi connectivity index (χ1v) is 10.6. The topological polar surface area (TPSA) is 66.5 Å². The fourth-order valence-corrected chi connectivity index (χ4v) is 4.58. The Hall–Kier alpha value is -2.52. The molecule has 0 saturated heterocycles. The lowest BCUT2D eigenvalue weighted by molar-refractivity contribution is 0.103. The van der Waals surface area contributed by atoms with Gasteiger partial charge in [0.05, 0.1) is 22.5 Å². The van der Waals surface area contributed by atoms with Crippen LogP contribution in [-0.4, -0.2) is 27.1 Å². The van der Waals surface area contributed by atoms with Crippen molar-refractivity contribution in [3.05, 3.63) is 59.0 Å². The van der Waals surface area contributed by atoms with E-state index in [9.17, 15) is 22.0 Å². The van der Waals surface area contributed by atoms with Gasteiger partial charge in [-0.2, -0.15) is 0 Å². The van der Waals surface area contributed by atoms with E-state index in [0.717, 1.165) is 23.1 Å². The van der Waals surface area contributed by atoms with Gasteiger partial charge >= 0.3 is 0 Å². The maximum atomic E-state index is 13.7. The maximum Gasteiger partial charge on any atom is 0.265 e. The average molecular weight is 410 g/mol. The van der Waals surface area contributed by atoms with Crippen molar-refractivity contribution < 1.29 is 22.0 Å². The number of hydrogen-bond acceptors (Lipinski definition) is 4. The summed E-state index contributed by atoms with van der Waals surface area (Å²) in [7, 11) is -3.41. The summed E-state index contributed by atoms with van der Waals surface area (Å²) in [5.41, 5.74) is 0.385. The molecule has 0 aliphatic carbocycles. The largest absolute Gasteiger partial charge is 0.319 e. The van der Waals surface area contributed by atoms with Crippen LogP contribution in [0.4, 0.5) is 20.2 Å². The molecule has 0 bridgehead atoms. The number of carbonyl (C=O) groups is 1. The van der Waals surface area contributed by atoms with Gasteiger partial charge in [0.1, 0.15) is 11.6 Å². The van der Waals surface area contributed by atoms with Crippen LogP contribution in [0.1, 0.15) is 16.6 Å². The Bertz CT molecular complexity index is 1130. The fraction of sp³-hybridized carbons (Fsp3) is 0.167. The molecule has 0 fully saturated rings. The first-order valence-electron chi connectivity index (χ1n) is 7.96. The molecule has 0 spiro atoms. The van der Waals surface area contributed by atoms with Gasteiger partial charge in [0, 0.05) is 17.3 Å². The normalized spacial score (nSPS) is 11.6. The van der Waals surface area contributed by atoms with Crippen LogP contribution in [0, 0.1) is 11.6 Å². The van der Waals surface area contributed by atoms with Crippen molar-refractivity contribution in [3.63, 3.8) is 0 Å². The van der Waals surface area contributed by atoms with E-state index in [-0.39, 0.29) is 12.2 Å². The van der Waals surface area contributed by atoms with E-state index in [1.807, 2.05) is 0 Å². The van der Waals surface area contributed by atoms with Gasteiger partial charge in [-0.3, -0.25) is 9.10 Å². The number of anilines is 2. The Morgan fingerprint density at radius 2 is 1.89 bits per heavy atom. The summed E-state index contributed by atoms with van der Waals surface area (Å²) in [4.78, 5) is 12.7. The fourth-order valence-electron chi connectivity index (χ4n) is 2.68. The van der Waals surface area contributed by atoms with E-state index in [0.29, 0.717) is 22.0 Å². The zero-order valence-electron chi connectivity index (χ0n) is 14.5. The molecule has 2 aromatic carbocycles. The van der Waals surface area contributed by atoms with Gasteiger partial charge in [0.25, 0.3) is 5.91 Å². The SMILES string of the molecule is CCN(c1ccc2sc(C(=O)Nc3ccc(F)cc3F)cc2c1)S(C)(=O)=O. The number of nitrogens with one attached hydrogen (secondary N) is 1. The molecule has 27 heavy (non-hydrogen) atoms. The highest BCUT2D eigenvalue weighted by atomic mass is 32.2. The lowest BCUT2D eigenvalue weighted by atomic mass is 10.2. The predicted molar refractivity (Wildman–Crippen MR) is 104 cm³/mol. The average Bonchev–Trinajstić information content (AvgIpc) is 3.00. The Morgan fingerprint density at radius 3 is 2.52 bits per heavy atom. The number of halogens is 2. The second kappa shape index (κ2) is 7.24. The molecule has 3 rings (SSSR count). The van der Waals surface area contributed by atoms with Crippen molar-refractivity contribution >= 4 is 48.7 Å². The smallest absolute Gasteiger partial charge is 0.265 e. The van der Waals surface area contributed by atoms with Gasteiger partial charge in [-0.05, 0) is 48.7 Å². The van der Waals surface area contributed by atoms with Crippen molar-refractivity contribution in [1.82, 2.24) is 0 Å². The van der Waals surface area contributed by atoms with Gasteiger partial charge < -0.3 is 5.32 Å². The number of benzene rings is 2. The minimum absolute atomic E-state index is 0.117. The number of sulfonamides is 1. The number of rotatable bonds is 5. The van der Waals surface area contributed by atoms with Crippen molar-refractivity contribution in [3.8, 4) is 0 Å². The molecule has 0 unspecified atom stereocenters. The lowest BCUT2D eigenvalue weighted by Crippen LogP contribution is -2.29. The molecule has 3 aromatic rings. The number of carbonyl (C=O) groups excluding carboxylic acids is 1. The molecule has 0 aliphatic heterocycles. The van der Waals surface area contributed by atoms with E-state index < -0.39 is 27.6 Å². The van der Waals surface area contributed by atoms with E-state index in [1.165, 1.54) is 15.6 Å². The molecule has 0 atom stereocenters. The number of thiophene rings is 1. The molecule has 0 radical (unpaired) electrons. The highest BCUT2D eigenvalue weighted by Gasteiger charge is 2.17. The Labute approximate surface area is 159 Å². The molecule has 5 nitrogen and oxygen atoms in total. The third-order valence-corrected chi connectivity index (χ3v) is 6.26. The zero-order valence-corrected chi connectivity index (χ0v) is 16.1. The molecule has 9 heteroatoms. The molecule has 0 saturated carbocycles. The first kappa shape index (κ1) is 19.2. The van der Waals surface area contributed by atoms with Crippen molar-refractivity contribution in [2.24, 2.45) is 0 Å². The minimum Gasteiger partial charge on any atom is -0.319 e.